The second kappa shape index (κ2) is 9.82. The van der Waals surface area contributed by atoms with Gasteiger partial charge in [-0.25, -0.2) is 26.4 Å². The van der Waals surface area contributed by atoms with Crippen molar-refractivity contribution in [1.29, 1.82) is 0 Å². The average molecular weight is 517 g/mol. The number of carbonyl (C=O) groups excluding carboxylic acids is 1. The normalized spacial score (nSPS) is 11.4. The van der Waals surface area contributed by atoms with Gasteiger partial charge in [0.25, 0.3) is 0 Å². The maximum absolute atomic E-state index is 15.5. The maximum Gasteiger partial charge on any atom is 0.411 e. The molecule has 0 aliphatic heterocycles. The number of nitrogens with zero attached hydrogens (tertiary/aromatic N) is 3. The summed E-state index contributed by atoms with van der Waals surface area (Å²) in [6.07, 6.45) is 3.52. The van der Waals surface area contributed by atoms with E-state index in [0.29, 0.717) is 29.8 Å². The van der Waals surface area contributed by atoms with Crippen LogP contribution in [0.2, 0.25) is 0 Å². The number of aryl methyl sites for hydroxylation is 1. The minimum absolute atomic E-state index is 0.0931. The van der Waals surface area contributed by atoms with Gasteiger partial charge in [0.1, 0.15) is 32.9 Å². The van der Waals surface area contributed by atoms with Gasteiger partial charge in [0.05, 0.1) is 18.4 Å². The van der Waals surface area contributed by atoms with Crippen molar-refractivity contribution in [2.24, 2.45) is 0 Å². The van der Waals surface area contributed by atoms with E-state index in [-0.39, 0.29) is 5.69 Å². The summed E-state index contributed by atoms with van der Waals surface area (Å²) in [5.41, 5.74) is -0.139. The monoisotopic (exact) mass is 516 g/mol. The van der Waals surface area contributed by atoms with Gasteiger partial charge in [-0.15, -0.1) is 0 Å². The Morgan fingerprint density at radius 2 is 1.75 bits per heavy atom. The van der Waals surface area contributed by atoms with Gasteiger partial charge < -0.3 is 4.74 Å². The van der Waals surface area contributed by atoms with Crippen LogP contribution in [0, 0.1) is 17.5 Å². The van der Waals surface area contributed by atoms with Gasteiger partial charge in [-0.05, 0) is 55.0 Å². The molecule has 4 aromatic rings. The zero-order valence-electron chi connectivity index (χ0n) is 19.0. The van der Waals surface area contributed by atoms with E-state index in [1.54, 1.807) is 25.3 Å². The SMILES string of the molecule is CCn1cc(-c2ccncc2)c(-c2c(F)ccc(NC(=O)OC)c2S(=O)(=O)c2cc(F)ccc2F)n1. The highest BCUT2D eigenvalue weighted by molar-refractivity contribution is 7.91. The van der Waals surface area contributed by atoms with E-state index in [2.05, 4.69) is 20.1 Å². The van der Waals surface area contributed by atoms with Crippen LogP contribution in [0.1, 0.15) is 6.92 Å². The van der Waals surface area contributed by atoms with E-state index in [1.165, 1.54) is 17.1 Å². The third-order valence-corrected chi connectivity index (χ3v) is 7.15. The fourth-order valence-corrected chi connectivity index (χ4v) is 5.31. The third kappa shape index (κ3) is 4.54. The molecular weight excluding hydrogens is 497 g/mol. The lowest BCUT2D eigenvalue weighted by Crippen LogP contribution is -2.17. The lowest BCUT2D eigenvalue weighted by atomic mass is 10.0. The molecule has 2 aromatic heterocycles. The zero-order chi connectivity index (χ0) is 26.0. The highest BCUT2D eigenvalue weighted by Crippen LogP contribution is 2.42. The summed E-state index contributed by atoms with van der Waals surface area (Å²) < 4.78 is 77.7. The van der Waals surface area contributed by atoms with Crippen LogP contribution < -0.4 is 5.32 Å². The molecule has 0 unspecified atom stereocenters. The second-order valence-electron chi connectivity index (χ2n) is 7.48. The molecule has 0 atom stereocenters. The van der Waals surface area contributed by atoms with E-state index in [0.717, 1.165) is 25.3 Å². The first-order valence-corrected chi connectivity index (χ1v) is 12.0. The Labute approximate surface area is 204 Å². The predicted molar refractivity (Wildman–Crippen MR) is 124 cm³/mol. The Hall–Kier alpha value is -4.19. The van der Waals surface area contributed by atoms with Crippen LogP contribution in [-0.4, -0.2) is 36.4 Å². The number of amides is 1. The lowest BCUT2D eigenvalue weighted by molar-refractivity contribution is 0.187. The van der Waals surface area contributed by atoms with Crippen LogP contribution >= 0.6 is 0 Å². The van der Waals surface area contributed by atoms with Crippen molar-refractivity contribution in [2.75, 3.05) is 12.4 Å². The van der Waals surface area contributed by atoms with Crippen molar-refractivity contribution in [1.82, 2.24) is 14.8 Å². The summed E-state index contributed by atoms with van der Waals surface area (Å²) in [6, 6.07) is 7.04. The second-order valence-corrected chi connectivity index (χ2v) is 9.33. The highest BCUT2D eigenvalue weighted by atomic mass is 32.2. The van der Waals surface area contributed by atoms with Crippen molar-refractivity contribution in [3.05, 3.63) is 78.5 Å². The van der Waals surface area contributed by atoms with Crippen molar-refractivity contribution < 1.29 is 31.1 Å². The van der Waals surface area contributed by atoms with Gasteiger partial charge >= 0.3 is 6.09 Å². The number of rotatable bonds is 6. The molecule has 0 fully saturated rings. The molecule has 36 heavy (non-hydrogen) atoms. The van der Waals surface area contributed by atoms with Crippen LogP contribution in [0.25, 0.3) is 22.4 Å². The van der Waals surface area contributed by atoms with Crippen LogP contribution in [0.15, 0.2) is 70.8 Å². The number of benzene rings is 2. The molecule has 0 aliphatic rings. The van der Waals surface area contributed by atoms with Gasteiger partial charge in [-0.2, -0.15) is 5.10 Å². The third-order valence-electron chi connectivity index (χ3n) is 5.29. The van der Waals surface area contributed by atoms with Crippen molar-refractivity contribution in [3.8, 4) is 22.4 Å². The molecule has 4 rings (SSSR count). The van der Waals surface area contributed by atoms with E-state index in [4.69, 9.17) is 0 Å². The molecule has 0 radical (unpaired) electrons. The van der Waals surface area contributed by atoms with Crippen LogP contribution in [-0.2, 0) is 21.1 Å². The number of hydrogen-bond acceptors (Lipinski definition) is 6. The molecule has 0 aliphatic carbocycles. The Morgan fingerprint density at radius 3 is 2.42 bits per heavy atom. The zero-order valence-corrected chi connectivity index (χ0v) is 19.8. The summed E-state index contributed by atoms with van der Waals surface area (Å²) in [6.45, 7) is 2.14. The molecule has 0 bridgehead atoms. The van der Waals surface area contributed by atoms with E-state index in [1.807, 2.05) is 0 Å². The first-order valence-electron chi connectivity index (χ1n) is 10.5. The molecule has 186 valence electrons. The summed E-state index contributed by atoms with van der Waals surface area (Å²) in [4.78, 5) is 14.1. The molecule has 0 saturated carbocycles. The van der Waals surface area contributed by atoms with Gasteiger partial charge in [0.2, 0.25) is 9.84 Å². The van der Waals surface area contributed by atoms with Crippen LogP contribution in [0.4, 0.5) is 23.7 Å². The fourth-order valence-electron chi connectivity index (χ4n) is 3.62. The number of aromatic nitrogens is 3. The van der Waals surface area contributed by atoms with Crippen LogP contribution in [0.5, 0.6) is 0 Å². The summed E-state index contributed by atoms with van der Waals surface area (Å²) >= 11 is 0. The average Bonchev–Trinajstić information content (AvgIpc) is 3.30. The molecule has 0 saturated heterocycles. The first-order chi connectivity index (χ1) is 17.2. The maximum atomic E-state index is 15.5. The molecule has 2 heterocycles. The Bertz CT molecular complexity index is 1560. The van der Waals surface area contributed by atoms with E-state index < -0.39 is 54.4 Å². The molecule has 1 amide bonds. The van der Waals surface area contributed by atoms with Gasteiger partial charge in [0.15, 0.2) is 0 Å². The summed E-state index contributed by atoms with van der Waals surface area (Å²) in [7, 11) is -3.91. The molecule has 0 spiro atoms. The number of nitrogens with one attached hydrogen (secondary N) is 1. The summed E-state index contributed by atoms with van der Waals surface area (Å²) in [5, 5.41) is 6.58. The number of anilines is 1. The fraction of sp³-hybridized carbons (Fsp3) is 0.125. The number of carbonyl (C=O) groups is 1. The predicted octanol–water partition coefficient (Wildman–Crippen LogP) is 5.06. The smallest absolute Gasteiger partial charge is 0.411 e. The highest BCUT2D eigenvalue weighted by Gasteiger charge is 2.33. The number of hydrogen-bond donors (Lipinski definition) is 1. The lowest BCUT2D eigenvalue weighted by Gasteiger charge is -2.17. The minimum atomic E-state index is -4.96. The summed E-state index contributed by atoms with van der Waals surface area (Å²) in [5.74, 6) is -3.30. The number of methoxy groups -OCH3 is 1. The molecule has 8 nitrogen and oxygen atoms in total. The Morgan fingerprint density at radius 1 is 1.06 bits per heavy atom. The van der Waals surface area contributed by atoms with Crippen molar-refractivity contribution in [3.63, 3.8) is 0 Å². The standard InChI is InChI=1S/C24H19F3N4O4S/c1-3-31-13-16(14-8-10-28-11-9-14)22(30-31)21-18(27)6-7-19(29-24(32)35-2)23(21)36(33,34)20-12-15(25)4-5-17(20)26/h4-13H,3H2,1-2H3,(H,29,32). The number of sulfone groups is 1. The molecule has 2 aromatic carbocycles. The van der Waals surface area contributed by atoms with Gasteiger partial charge in [-0.1, -0.05) is 0 Å². The van der Waals surface area contributed by atoms with Crippen molar-refractivity contribution >= 4 is 21.6 Å². The van der Waals surface area contributed by atoms with Crippen molar-refractivity contribution in [2.45, 2.75) is 23.3 Å². The number of halogens is 3. The Balaban J connectivity index is 2.11. The molecular formula is C24H19F3N4O4S. The molecule has 1 N–H and O–H groups in total. The van der Waals surface area contributed by atoms with Crippen LogP contribution in [0.3, 0.4) is 0 Å². The van der Waals surface area contributed by atoms with E-state index in [9.17, 15) is 22.0 Å². The van der Waals surface area contributed by atoms with Gasteiger partial charge in [0, 0.05) is 30.7 Å². The molecule has 12 heteroatoms. The number of pyridine rings is 1. The minimum Gasteiger partial charge on any atom is -0.453 e. The Kier molecular flexibility index (Phi) is 6.80. The largest absolute Gasteiger partial charge is 0.453 e. The quantitative estimate of drug-likeness (QED) is 0.384. The topological polar surface area (TPSA) is 103 Å². The van der Waals surface area contributed by atoms with Gasteiger partial charge in [-0.3, -0.25) is 15.0 Å². The first kappa shape index (κ1) is 24.9. The van der Waals surface area contributed by atoms with E-state index >= 15 is 4.39 Å². The number of ether oxygens (including phenoxy) is 1.